The number of nitrogens with zero attached hydrogens (tertiary/aromatic N) is 4. The van der Waals surface area contributed by atoms with Gasteiger partial charge >= 0.3 is 0 Å². The Morgan fingerprint density at radius 3 is 3.00 bits per heavy atom. The molecule has 1 fully saturated rings. The second kappa shape index (κ2) is 6.51. The molecule has 2 aromatic heterocycles. The normalized spacial score (nSPS) is 17.5. The Morgan fingerprint density at radius 2 is 2.25 bits per heavy atom. The number of thiazole rings is 1. The third kappa shape index (κ3) is 3.43. The fourth-order valence-corrected chi connectivity index (χ4v) is 3.82. The van der Waals surface area contributed by atoms with Gasteiger partial charge in [-0.3, -0.25) is 4.79 Å². The molecule has 126 valence electrons. The van der Waals surface area contributed by atoms with E-state index in [-0.39, 0.29) is 0 Å². The summed E-state index contributed by atoms with van der Waals surface area (Å²) < 4.78 is 0. The van der Waals surface area contributed by atoms with E-state index in [2.05, 4.69) is 26.3 Å². The van der Waals surface area contributed by atoms with E-state index in [0.29, 0.717) is 24.8 Å². The highest BCUT2D eigenvalue weighted by molar-refractivity contribution is 7.09. The predicted molar refractivity (Wildman–Crippen MR) is 94.9 cm³/mol. The van der Waals surface area contributed by atoms with E-state index in [1.807, 2.05) is 24.1 Å². The van der Waals surface area contributed by atoms with Gasteiger partial charge in [-0.25, -0.2) is 9.97 Å². The number of aromatic nitrogens is 2. The number of hydrogen-bond acceptors (Lipinski definition) is 5. The molecule has 1 aliphatic carbocycles. The maximum Gasteiger partial charge on any atom is 0.223 e. The van der Waals surface area contributed by atoms with Gasteiger partial charge in [0.15, 0.2) is 0 Å². The Balaban J connectivity index is 1.54. The number of fused-ring (bicyclic) bond motifs is 1. The van der Waals surface area contributed by atoms with Crippen molar-refractivity contribution in [2.24, 2.45) is 5.92 Å². The minimum atomic E-state index is 0.290. The predicted octanol–water partition coefficient (Wildman–Crippen LogP) is 3.00. The molecular formula is C18H22N4OS. The van der Waals surface area contributed by atoms with Crippen molar-refractivity contribution in [1.82, 2.24) is 14.9 Å². The quantitative estimate of drug-likeness (QED) is 0.857. The molecule has 2 aliphatic rings. The average Bonchev–Trinajstić information content (AvgIpc) is 3.32. The van der Waals surface area contributed by atoms with E-state index >= 15 is 0 Å². The number of carbonyl (C=O) groups excluding carboxylic acids is 1. The van der Waals surface area contributed by atoms with E-state index in [9.17, 15) is 4.79 Å². The Bertz CT molecular complexity index is 740. The van der Waals surface area contributed by atoms with E-state index in [0.717, 1.165) is 41.7 Å². The van der Waals surface area contributed by atoms with Gasteiger partial charge in [0.25, 0.3) is 0 Å². The molecule has 0 unspecified atom stereocenters. The molecule has 0 radical (unpaired) electrons. The number of amides is 1. The van der Waals surface area contributed by atoms with E-state index in [1.54, 1.807) is 11.3 Å². The van der Waals surface area contributed by atoms with E-state index in [4.69, 9.17) is 0 Å². The molecule has 1 amide bonds. The van der Waals surface area contributed by atoms with Crippen LogP contribution in [0.5, 0.6) is 0 Å². The van der Waals surface area contributed by atoms with Crippen LogP contribution >= 0.6 is 11.3 Å². The molecular weight excluding hydrogens is 320 g/mol. The highest BCUT2D eigenvalue weighted by Crippen LogP contribution is 2.33. The minimum Gasteiger partial charge on any atom is -0.349 e. The summed E-state index contributed by atoms with van der Waals surface area (Å²) >= 11 is 1.68. The third-order valence-electron chi connectivity index (χ3n) is 4.70. The number of carbonyl (C=O) groups is 1. The van der Waals surface area contributed by atoms with E-state index in [1.165, 1.54) is 12.8 Å². The van der Waals surface area contributed by atoms with Gasteiger partial charge in [-0.15, -0.1) is 11.3 Å². The van der Waals surface area contributed by atoms with Gasteiger partial charge in [0, 0.05) is 43.2 Å². The van der Waals surface area contributed by atoms with Crippen molar-refractivity contribution in [1.29, 1.82) is 0 Å². The van der Waals surface area contributed by atoms with Crippen LogP contribution in [0, 0.1) is 12.8 Å². The SMILES string of the molecule is Cc1nc(CN2CCN(C(=O)CC3CC3)Cc3cccnc32)cs1. The van der Waals surface area contributed by atoms with Gasteiger partial charge in [-0.05, 0) is 31.7 Å². The van der Waals surface area contributed by atoms with Crippen molar-refractivity contribution in [3.8, 4) is 0 Å². The number of hydrogen-bond donors (Lipinski definition) is 0. The molecule has 0 N–H and O–H groups in total. The maximum atomic E-state index is 12.6. The van der Waals surface area contributed by atoms with Crippen molar-refractivity contribution in [3.05, 3.63) is 40.0 Å². The molecule has 0 atom stereocenters. The Hall–Kier alpha value is -1.95. The first-order valence-electron chi connectivity index (χ1n) is 8.56. The average molecular weight is 342 g/mol. The van der Waals surface area contributed by atoms with Crippen LogP contribution in [0.3, 0.4) is 0 Å². The zero-order valence-corrected chi connectivity index (χ0v) is 14.8. The summed E-state index contributed by atoms with van der Waals surface area (Å²) in [6, 6.07) is 4.04. The largest absolute Gasteiger partial charge is 0.349 e. The summed E-state index contributed by atoms with van der Waals surface area (Å²) in [6.07, 6.45) is 4.97. The first kappa shape index (κ1) is 15.6. The van der Waals surface area contributed by atoms with Gasteiger partial charge in [-0.1, -0.05) is 6.07 Å². The molecule has 5 nitrogen and oxygen atoms in total. The van der Waals surface area contributed by atoms with Crippen LogP contribution in [0.15, 0.2) is 23.7 Å². The first-order chi connectivity index (χ1) is 11.7. The van der Waals surface area contributed by atoms with Crippen molar-refractivity contribution in [2.45, 2.75) is 39.3 Å². The van der Waals surface area contributed by atoms with Gasteiger partial charge in [-0.2, -0.15) is 0 Å². The van der Waals surface area contributed by atoms with Crippen LogP contribution in [0.25, 0.3) is 0 Å². The van der Waals surface area contributed by atoms with Gasteiger partial charge in [0.2, 0.25) is 5.91 Å². The topological polar surface area (TPSA) is 49.3 Å². The summed E-state index contributed by atoms with van der Waals surface area (Å²) in [5.41, 5.74) is 2.21. The molecule has 1 saturated carbocycles. The van der Waals surface area contributed by atoms with Crippen LogP contribution in [0.2, 0.25) is 0 Å². The van der Waals surface area contributed by atoms with Crippen LogP contribution in [0.1, 0.15) is 35.5 Å². The van der Waals surface area contributed by atoms with Crippen molar-refractivity contribution >= 4 is 23.1 Å². The molecule has 0 spiro atoms. The molecule has 2 aromatic rings. The third-order valence-corrected chi connectivity index (χ3v) is 5.52. The molecule has 0 bridgehead atoms. The van der Waals surface area contributed by atoms with Crippen LogP contribution < -0.4 is 4.90 Å². The summed E-state index contributed by atoms with van der Waals surface area (Å²) in [7, 11) is 0. The molecule has 0 aromatic carbocycles. The lowest BCUT2D eigenvalue weighted by atomic mass is 10.2. The number of anilines is 1. The standard InChI is InChI=1S/C18H22N4OS/c1-13-20-16(12-24-13)11-22-8-7-21(17(23)9-14-4-5-14)10-15-3-2-6-19-18(15)22/h2-3,6,12,14H,4-5,7-11H2,1H3. The summed E-state index contributed by atoms with van der Waals surface area (Å²) in [5.74, 6) is 1.91. The first-order valence-corrected chi connectivity index (χ1v) is 9.44. The van der Waals surface area contributed by atoms with Crippen molar-refractivity contribution in [2.75, 3.05) is 18.0 Å². The van der Waals surface area contributed by atoms with Gasteiger partial charge in [0.1, 0.15) is 5.82 Å². The lowest BCUT2D eigenvalue weighted by Crippen LogP contribution is -2.35. The van der Waals surface area contributed by atoms with Crippen LogP contribution in [-0.2, 0) is 17.9 Å². The summed E-state index contributed by atoms with van der Waals surface area (Å²) in [4.78, 5) is 26.0. The lowest BCUT2D eigenvalue weighted by Gasteiger charge is -2.23. The lowest BCUT2D eigenvalue weighted by molar-refractivity contribution is -0.132. The molecule has 6 heteroatoms. The zero-order chi connectivity index (χ0) is 16.5. The fraction of sp³-hybridized carbons (Fsp3) is 0.500. The smallest absolute Gasteiger partial charge is 0.223 e. The molecule has 1 aliphatic heterocycles. The maximum absolute atomic E-state index is 12.6. The molecule has 24 heavy (non-hydrogen) atoms. The second-order valence-corrected chi connectivity index (χ2v) is 7.79. The highest BCUT2D eigenvalue weighted by Gasteiger charge is 2.29. The van der Waals surface area contributed by atoms with Gasteiger partial charge in [0.05, 0.1) is 17.2 Å². The highest BCUT2D eigenvalue weighted by atomic mass is 32.1. The summed E-state index contributed by atoms with van der Waals surface area (Å²) in [6.45, 7) is 5.00. The van der Waals surface area contributed by atoms with Gasteiger partial charge < -0.3 is 9.80 Å². The molecule has 0 saturated heterocycles. The molecule has 3 heterocycles. The minimum absolute atomic E-state index is 0.290. The molecule has 4 rings (SSSR count). The van der Waals surface area contributed by atoms with Crippen molar-refractivity contribution in [3.63, 3.8) is 0 Å². The number of pyridine rings is 1. The van der Waals surface area contributed by atoms with Crippen LogP contribution in [0.4, 0.5) is 5.82 Å². The Kier molecular flexibility index (Phi) is 4.22. The zero-order valence-electron chi connectivity index (χ0n) is 13.9. The monoisotopic (exact) mass is 342 g/mol. The van der Waals surface area contributed by atoms with Crippen molar-refractivity contribution < 1.29 is 4.79 Å². The fourth-order valence-electron chi connectivity index (χ4n) is 3.21. The Labute approximate surface area is 146 Å². The van der Waals surface area contributed by atoms with Crippen LogP contribution in [-0.4, -0.2) is 33.9 Å². The van der Waals surface area contributed by atoms with E-state index < -0.39 is 0 Å². The Morgan fingerprint density at radius 1 is 1.38 bits per heavy atom. The number of rotatable bonds is 4. The number of aryl methyl sites for hydroxylation is 1. The second-order valence-electron chi connectivity index (χ2n) is 6.73. The summed E-state index contributed by atoms with van der Waals surface area (Å²) in [5, 5.41) is 3.20.